The molecular weight excluding hydrogens is 282 g/mol. The van der Waals surface area contributed by atoms with E-state index in [1.807, 2.05) is 13.8 Å². The standard InChI is InChI=1S/C16H25N3O3/c1-3-16(4-2,11-17)19-14(20)9-10-22-13-7-5-12(6-8-13)15(18)21/h5-8H,3-4,9-11,17H2,1-2H3,(H2,18,21)(H,19,20). The summed E-state index contributed by atoms with van der Waals surface area (Å²) in [6.07, 6.45) is 1.83. The number of hydrogen-bond acceptors (Lipinski definition) is 4. The fraction of sp³-hybridized carbons (Fsp3) is 0.500. The molecule has 0 aliphatic carbocycles. The first-order valence-electron chi connectivity index (χ1n) is 7.50. The molecule has 1 aromatic carbocycles. The highest BCUT2D eigenvalue weighted by Gasteiger charge is 2.25. The van der Waals surface area contributed by atoms with E-state index in [-0.39, 0.29) is 24.5 Å². The van der Waals surface area contributed by atoms with Crippen molar-refractivity contribution in [3.63, 3.8) is 0 Å². The Bertz CT molecular complexity index is 488. The maximum Gasteiger partial charge on any atom is 0.248 e. The van der Waals surface area contributed by atoms with Crippen LogP contribution in [0, 0.1) is 0 Å². The molecule has 0 atom stereocenters. The summed E-state index contributed by atoms with van der Waals surface area (Å²) in [5.41, 5.74) is 11.0. The average Bonchev–Trinajstić information content (AvgIpc) is 2.53. The van der Waals surface area contributed by atoms with Crippen LogP contribution in [-0.2, 0) is 4.79 Å². The fourth-order valence-corrected chi connectivity index (χ4v) is 2.10. The van der Waals surface area contributed by atoms with Gasteiger partial charge in [-0.15, -0.1) is 0 Å². The van der Waals surface area contributed by atoms with E-state index in [0.29, 0.717) is 17.9 Å². The van der Waals surface area contributed by atoms with Gasteiger partial charge in [-0.25, -0.2) is 0 Å². The van der Waals surface area contributed by atoms with Crippen LogP contribution in [-0.4, -0.2) is 30.5 Å². The van der Waals surface area contributed by atoms with Crippen molar-refractivity contribution < 1.29 is 14.3 Å². The minimum absolute atomic E-state index is 0.0806. The van der Waals surface area contributed by atoms with Gasteiger partial charge in [-0.2, -0.15) is 0 Å². The summed E-state index contributed by atoms with van der Waals surface area (Å²) in [5.74, 6) is 0.0277. The summed E-state index contributed by atoms with van der Waals surface area (Å²) in [5, 5.41) is 2.98. The average molecular weight is 307 g/mol. The van der Waals surface area contributed by atoms with Gasteiger partial charge in [0.1, 0.15) is 5.75 Å². The van der Waals surface area contributed by atoms with Crippen LogP contribution < -0.4 is 21.5 Å². The molecule has 6 heteroatoms. The Kier molecular flexibility index (Phi) is 6.85. The molecule has 0 radical (unpaired) electrons. The minimum atomic E-state index is -0.483. The molecule has 0 saturated heterocycles. The predicted molar refractivity (Wildman–Crippen MR) is 85.6 cm³/mol. The van der Waals surface area contributed by atoms with Gasteiger partial charge in [0.05, 0.1) is 18.6 Å². The molecular formula is C16H25N3O3. The fourth-order valence-electron chi connectivity index (χ4n) is 2.10. The van der Waals surface area contributed by atoms with Crippen molar-refractivity contribution in [3.05, 3.63) is 29.8 Å². The van der Waals surface area contributed by atoms with E-state index in [1.165, 1.54) is 0 Å². The summed E-state index contributed by atoms with van der Waals surface area (Å²) in [6, 6.07) is 6.48. The normalized spacial score (nSPS) is 11.0. The number of nitrogens with one attached hydrogen (secondary N) is 1. The van der Waals surface area contributed by atoms with Crippen molar-refractivity contribution in [2.75, 3.05) is 13.2 Å². The molecule has 0 unspecified atom stereocenters. The molecule has 0 heterocycles. The lowest BCUT2D eigenvalue weighted by Crippen LogP contribution is -2.53. The lowest BCUT2D eigenvalue weighted by atomic mass is 9.93. The third-order valence-corrected chi connectivity index (χ3v) is 3.89. The molecule has 122 valence electrons. The lowest BCUT2D eigenvalue weighted by molar-refractivity contribution is -0.123. The van der Waals surface area contributed by atoms with E-state index in [4.69, 9.17) is 16.2 Å². The minimum Gasteiger partial charge on any atom is -0.493 e. The molecule has 0 aliphatic rings. The van der Waals surface area contributed by atoms with Crippen LogP contribution >= 0.6 is 0 Å². The second-order valence-corrected chi connectivity index (χ2v) is 5.23. The summed E-state index contributed by atoms with van der Waals surface area (Å²) >= 11 is 0. The van der Waals surface area contributed by atoms with Crippen molar-refractivity contribution >= 4 is 11.8 Å². The number of carbonyl (C=O) groups is 2. The van der Waals surface area contributed by atoms with Crippen LogP contribution in [0.2, 0.25) is 0 Å². The molecule has 1 aromatic rings. The summed E-state index contributed by atoms with van der Waals surface area (Å²) in [6.45, 7) is 4.69. The van der Waals surface area contributed by atoms with Crippen molar-refractivity contribution in [2.24, 2.45) is 11.5 Å². The highest BCUT2D eigenvalue weighted by atomic mass is 16.5. The lowest BCUT2D eigenvalue weighted by Gasteiger charge is -2.31. The van der Waals surface area contributed by atoms with Gasteiger partial charge >= 0.3 is 0 Å². The number of nitrogens with two attached hydrogens (primary N) is 2. The first-order chi connectivity index (χ1) is 10.5. The quantitative estimate of drug-likeness (QED) is 0.637. The Hall–Kier alpha value is -2.08. The van der Waals surface area contributed by atoms with Gasteiger partial charge in [-0.1, -0.05) is 13.8 Å². The third-order valence-electron chi connectivity index (χ3n) is 3.89. The number of hydrogen-bond donors (Lipinski definition) is 3. The van der Waals surface area contributed by atoms with Crippen LogP contribution in [0.15, 0.2) is 24.3 Å². The SMILES string of the molecule is CCC(CC)(CN)NC(=O)CCOc1ccc(C(N)=O)cc1. The Morgan fingerprint density at radius 1 is 1.18 bits per heavy atom. The van der Waals surface area contributed by atoms with Gasteiger partial charge in [0.15, 0.2) is 0 Å². The van der Waals surface area contributed by atoms with Gasteiger partial charge in [0.25, 0.3) is 0 Å². The second-order valence-electron chi connectivity index (χ2n) is 5.23. The van der Waals surface area contributed by atoms with E-state index in [0.717, 1.165) is 12.8 Å². The molecule has 0 bridgehead atoms. The molecule has 2 amide bonds. The van der Waals surface area contributed by atoms with Crippen LogP contribution in [0.5, 0.6) is 5.75 Å². The Balaban J connectivity index is 2.43. The summed E-state index contributed by atoms with van der Waals surface area (Å²) < 4.78 is 5.48. The topological polar surface area (TPSA) is 107 Å². The highest BCUT2D eigenvalue weighted by molar-refractivity contribution is 5.92. The van der Waals surface area contributed by atoms with Crippen molar-refractivity contribution in [3.8, 4) is 5.75 Å². The van der Waals surface area contributed by atoms with Gasteiger partial charge < -0.3 is 21.5 Å². The number of rotatable bonds is 9. The summed E-state index contributed by atoms with van der Waals surface area (Å²) in [4.78, 5) is 22.9. The van der Waals surface area contributed by atoms with Crippen LogP contribution in [0.1, 0.15) is 43.5 Å². The van der Waals surface area contributed by atoms with Crippen LogP contribution in [0.25, 0.3) is 0 Å². The van der Waals surface area contributed by atoms with E-state index in [1.54, 1.807) is 24.3 Å². The molecule has 0 spiro atoms. The predicted octanol–water partition coefficient (Wildman–Crippen LogP) is 1.19. The number of ether oxygens (including phenoxy) is 1. The molecule has 22 heavy (non-hydrogen) atoms. The summed E-state index contributed by atoms with van der Waals surface area (Å²) in [7, 11) is 0. The van der Waals surface area contributed by atoms with Gasteiger partial charge in [-0.05, 0) is 37.1 Å². The zero-order valence-corrected chi connectivity index (χ0v) is 13.2. The van der Waals surface area contributed by atoms with Crippen molar-refractivity contribution in [1.29, 1.82) is 0 Å². The number of benzene rings is 1. The third kappa shape index (κ3) is 5.04. The van der Waals surface area contributed by atoms with E-state index in [9.17, 15) is 9.59 Å². The van der Waals surface area contributed by atoms with Crippen molar-refractivity contribution in [1.82, 2.24) is 5.32 Å². The van der Waals surface area contributed by atoms with Crippen LogP contribution in [0.3, 0.4) is 0 Å². The highest BCUT2D eigenvalue weighted by Crippen LogP contribution is 2.14. The first kappa shape index (κ1) is 18.0. The zero-order valence-electron chi connectivity index (χ0n) is 13.2. The van der Waals surface area contributed by atoms with Gasteiger partial charge in [0, 0.05) is 12.1 Å². The molecule has 0 fully saturated rings. The number of primary amides is 1. The van der Waals surface area contributed by atoms with Crippen LogP contribution in [0.4, 0.5) is 0 Å². The monoisotopic (exact) mass is 307 g/mol. The van der Waals surface area contributed by atoms with E-state index >= 15 is 0 Å². The Morgan fingerprint density at radius 3 is 2.23 bits per heavy atom. The van der Waals surface area contributed by atoms with E-state index < -0.39 is 5.91 Å². The maximum absolute atomic E-state index is 12.0. The van der Waals surface area contributed by atoms with Gasteiger partial charge in [0.2, 0.25) is 11.8 Å². The first-order valence-corrected chi connectivity index (χ1v) is 7.50. The molecule has 0 saturated carbocycles. The molecule has 6 nitrogen and oxygen atoms in total. The molecule has 1 rings (SSSR count). The van der Waals surface area contributed by atoms with Crippen molar-refractivity contribution in [2.45, 2.75) is 38.6 Å². The number of amides is 2. The molecule has 5 N–H and O–H groups in total. The smallest absolute Gasteiger partial charge is 0.248 e. The van der Waals surface area contributed by atoms with E-state index in [2.05, 4.69) is 5.32 Å². The molecule has 0 aliphatic heterocycles. The largest absolute Gasteiger partial charge is 0.493 e. The second kappa shape index (κ2) is 8.38. The van der Waals surface area contributed by atoms with Gasteiger partial charge in [-0.3, -0.25) is 9.59 Å². The zero-order chi connectivity index (χ0) is 16.6. The maximum atomic E-state index is 12.0. The Morgan fingerprint density at radius 2 is 1.77 bits per heavy atom. The molecule has 0 aromatic heterocycles. The number of carbonyl (C=O) groups excluding carboxylic acids is 2. The Labute approximate surface area is 131 Å².